The van der Waals surface area contributed by atoms with Gasteiger partial charge in [0.05, 0.1) is 0 Å². The van der Waals surface area contributed by atoms with Gasteiger partial charge in [0, 0.05) is 28.5 Å². The number of hydrogen-bond acceptors (Lipinski definition) is 3. The molecule has 1 N–H and O–H groups in total. The number of nitrogens with zero attached hydrogens (tertiary/aromatic N) is 2. The van der Waals surface area contributed by atoms with E-state index in [0.717, 1.165) is 11.3 Å². The molecule has 5 heteroatoms. The van der Waals surface area contributed by atoms with E-state index in [2.05, 4.69) is 26.2 Å². The van der Waals surface area contributed by atoms with Gasteiger partial charge in [0.15, 0.2) is 0 Å². The summed E-state index contributed by atoms with van der Waals surface area (Å²) in [6, 6.07) is 10.0. The van der Waals surface area contributed by atoms with E-state index >= 15 is 0 Å². The number of rotatable bonds is 3. The van der Waals surface area contributed by atoms with E-state index in [0.29, 0.717) is 16.7 Å². The van der Waals surface area contributed by atoms with E-state index in [1.54, 1.807) is 18.3 Å². The summed E-state index contributed by atoms with van der Waals surface area (Å²) in [6.45, 7) is 0.459. The Balaban J connectivity index is 2.14. The van der Waals surface area contributed by atoms with Crippen molar-refractivity contribution < 1.29 is 4.39 Å². The molecule has 1 aromatic heterocycles. The van der Waals surface area contributed by atoms with Crippen LogP contribution >= 0.6 is 15.9 Å². The van der Waals surface area contributed by atoms with Gasteiger partial charge in [0.2, 0.25) is 0 Å². The van der Waals surface area contributed by atoms with Crippen molar-refractivity contribution in [1.82, 2.24) is 4.98 Å². The lowest BCUT2D eigenvalue weighted by Crippen LogP contribution is -2.03. The van der Waals surface area contributed by atoms with Gasteiger partial charge in [-0.3, -0.25) is 0 Å². The first-order valence-electron chi connectivity index (χ1n) is 5.23. The van der Waals surface area contributed by atoms with Crippen LogP contribution in [0, 0.1) is 17.1 Å². The van der Waals surface area contributed by atoms with Crippen LogP contribution in [-0.4, -0.2) is 4.98 Å². The van der Waals surface area contributed by atoms with Crippen molar-refractivity contribution in [1.29, 1.82) is 5.26 Å². The summed E-state index contributed by atoms with van der Waals surface area (Å²) in [5.41, 5.74) is 1.96. The van der Waals surface area contributed by atoms with Gasteiger partial charge in [-0.05, 0) is 40.2 Å². The number of nitriles is 1. The standard InChI is InChI=1S/C13H9BrFN3/c14-11-6-10(15)3-4-12(11)18-8-9-2-1-5-17-13(9)7-16/h1-6,18H,8H2. The van der Waals surface area contributed by atoms with E-state index in [9.17, 15) is 4.39 Å². The number of pyridine rings is 1. The van der Waals surface area contributed by atoms with Gasteiger partial charge >= 0.3 is 0 Å². The van der Waals surface area contributed by atoms with Gasteiger partial charge in [-0.25, -0.2) is 9.37 Å². The molecule has 0 spiro atoms. The Morgan fingerprint density at radius 1 is 1.39 bits per heavy atom. The van der Waals surface area contributed by atoms with Crippen molar-refractivity contribution >= 4 is 21.6 Å². The van der Waals surface area contributed by atoms with E-state index in [-0.39, 0.29) is 5.82 Å². The predicted molar refractivity (Wildman–Crippen MR) is 70.4 cm³/mol. The fourth-order valence-electron chi connectivity index (χ4n) is 1.51. The minimum absolute atomic E-state index is 0.300. The Labute approximate surface area is 112 Å². The van der Waals surface area contributed by atoms with Gasteiger partial charge in [-0.2, -0.15) is 5.26 Å². The van der Waals surface area contributed by atoms with Crippen molar-refractivity contribution in [2.45, 2.75) is 6.54 Å². The molecule has 0 amide bonds. The molecule has 2 aromatic rings. The minimum atomic E-state index is -0.300. The lowest BCUT2D eigenvalue weighted by molar-refractivity contribution is 0.627. The highest BCUT2D eigenvalue weighted by Crippen LogP contribution is 2.23. The third-order valence-corrected chi connectivity index (χ3v) is 3.05. The molecule has 0 aliphatic rings. The molecule has 0 aliphatic carbocycles. The molecule has 0 unspecified atom stereocenters. The van der Waals surface area contributed by atoms with Crippen molar-refractivity contribution in [3.63, 3.8) is 0 Å². The number of halogens is 2. The van der Waals surface area contributed by atoms with Gasteiger partial charge in [0.25, 0.3) is 0 Å². The molecule has 0 radical (unpaired) electrons. The first-order valence-corrected chi connectivity index (χ1v) is 6.03. The summed E-state index contributed by atoms with van der Waals surface area (Å²) < 4.78 is 13.6. The molecule has 2 rings (SSSR count). The molecular formula is C13H9BrFN3. The van der Waals surface area contributed by atoms with Gasteiger partial charge < -0.3 is 5.32 Å². The highest BCUT2D eigenvalue weighted by Gasteiger charge is 2.04. The Morgan fingerprint density at radius 3 is 2.94 bits per heavy atom. The van der Waals surface area contributed by atoms with E-state index in [1.165, 1.54) is 12.1 Å². The summed E-state index contributed by atoms with van der Waals surface area (Å²) in [5, 5.41) is 12.0. The van der Waals surface area contributed by atoms with Crippen molar-refractivity contribution in [3.8, 4) is 6.07 Å². The topological polar surface area (TPSA) is 48.7 Å². The zero-order valence-corrected chi connectivity index (χ0v) is 10.9. The zero-order valence-electron chi connectivity index (χ0n) is 9.32. The third-order valence-electron chi connectivity index (χ3n) is 2.40. The van der Waals surface area contributed by atoms with Crippen LogP contribution in [0.25, 0.3) is 0 Å². The maximum atomic E-state index is 12.9. The Morgan fingerprint density at radius 2 is 2.22 bits per heavy atom. The van der Waals surface area contributed by atoms with Crippen LogP contribution in [-0.2, 0) is 6.54 Å². The number of anilines is 1. The van der Waals surface area contributed by atoms with E-state index in [4.69, 9.17) is 5.26 Å². The number of nitrogens with one attached hydrogen (secondary N) is 1. The summed E-state index contributed by atoms with van der Waals surface area (Å²) in [6.07, 6.45) is 1.58. The zero-order chi connectivity index (χ0) is 13.0. The molecule has 0 aliphatic heterocycles. The molecular weight excluding hydrogens is 297 g/mol. The molecule has 0 saturated carbocycles. The minimum Gasteiger partial charge on any atom is -0.380 e. The largest absolute Gasteiger partial charge is 0.380 e. The molecule has 0 fully saturated rings. The summed E-state index contributed by atoms with van der Waals surface area (Å²) >= 11 is 3.27. The average molecular weight is 306 g/mol. The molecule has 90 valence electrons. The Kier molecular flexibility index (Phi) is 3.90. The monoisotopic (exact) mass is 305 g/mol. The quantitative estimate of drug-likeness (QED) is 0.944. The van der Waals surface area contributed by atoms with Crippen LogP contribution in [0.4, 0.5) is 10.1 Å². The van der Waals surface area contributed by atoms with Crippen LogP contribution in [0.5, 0.6) is 0 Å². The molecule has 0 bridgehead atoms. The van der Waals surface area contributed by atoms with E-state index < -0.39 is 0 Å². The smallest absolute Gasteiger partial charge is 0.145 e. The maximum absolute atomic E-state index is 12.9. The van der Waals surface area contributed by atoms with Gasteiger partial charge in [0.1, 0.15) is 17.6 Å². The number of benzene rings is 1. The molecule has 0 atom stereocenters. The van der Waals surface area contributed by atoms with Crippen molar-refractivity contribution in [3.05, 3.63) is 58.1 Å². The van der Waals surface area contributed by atoms with Gasteiger partial charge in [-0.1, -0.05) is 6.07 Å². The van der Waals surface area contributed by atoms with Crippen molar-refractivity contribution in [2.75, 3.05) is 5.32 Å². The highest BCUT2D eigenvalue weighted by atomic mass is 79.9. The molecule has 3 nitrogen and oxygen atoms in total. The number of aromatic nitrogens is 1. The first kappa shape index (κ1) is 12.5. The summed E-state index contributed by atoms with van der Waals surface area (Å²) in [4.78, 5) is 3.97. The average Bonchev–Trinajstić information content (AvgIpc) is 2.38. The second-order valence-electron chi connectivity index (χ2n) is 3.60. The third kappa shape index (κ3) is 2.84. The number of hydrogen-bond donors (Lipinski definition) is 1. The molecule has 0 saturated heterocycles. The lowest BCUT2D eigenvalue weighted by atomic mass is 10.2. The van der Waals surface area contributed by atoms with Gasteiger partial charge in [-0.15, -0.1) is 0 Å². The van der Waals surface area contributed by atoms with Crippen LogP contribution < -0.4 is 5.32 Å². The molecule has 1 heterocycles. The summed E-state index contributed by atoms with van der Waals surface area (Å²) in [7, 11) is 0. The van der Waals surface area contributed by atoms with Crippen molar-refractivity contribution in [2.24, 2.45) is 0 Å². The van der Waals surface area contributed by atoms with Crippen LogP contribution in [0.1, 0.15) is 11.3 Å². The lowest BCUT2D eigenvalue weighted by Gasteiger charge is -2.09. The predicted octanol–water partition coefficient (Wildman–Crippen LogP) is 3.47. The molecule has 1 aromatic carbocycles. The fourth-order valence-corrected chi connectivity index (χ4v) is 2.00. The molecule has 18 heavy (non-hydrogen) atoms. The SMILES string of the molecule is N#Cc1ncccc1CNc1ccc(F)cc1Br. The van der Waals surface area contributed by atoms with Crippen LogP contribution in [0.3, 0.4) is 0 Å². The van der Waals surface area contributed by atoms with E-state index in [1.807, 2.05) is 12.1 Å². The van der Waals surface area contributed by atoms with Crippen LogP contribution in [0.15, 0.2) is 41.0 Å². The second-order valence-corrected chi connectivity index (χ2v) is 4.45. The maximum Gasteiger partial charge on any atom is 0.145 e. The van der Waals surface area contributed by atoms with Crippen LogP contribution in [0.2, 0.25) is 0 Å². The summed E-state index contributed by atoms with van der Waals surface area (Å²) in [5.74, 6) is -0.300. The fraction of sp³-hybridized carbons (Fsp3) is 0.0769. The highest BCUT2D eigenvalue weighted by molar-refractivity contribution is 9.10. The first-order chi connectivity index (χ1) is 8.70. The second kappa shape index (κ2) is 5.61. The Hall–Kier alpha value is -1.93. The normalized spacial score (nSPS) is 9.83. The Bertz CT molecular complexity index is 607.